The first-order valence-corrected chi connectivity index (χ1v) is 12.1. The molecule has 6 rings (SSSR count). The molecule has 0 unspecified atom stereocenters. The summed E-state index contributed by atoms with van der Waals surface area (Å²) < 4.78 is 6.27. The van der Waals surface area contributed by atoms with Gasteiger partial charge in [-0.05, 0) is 0 Å². The van der Waals surface area contributed by atoms with Gasteiger partial charge in [-0.15, -0.1) is 0 Å². The van der Waals surface area contributed by atoms with E-state index in [0.29, 0.717) is 0 Å². The average molecular weight is 383 g/mol. The van der Waals surface area contributed by atoms with E-state index in [1.54, 1.807) is 17.8 Å². The van der Waals surface area contributed by atoms with Crippen molar-refractivity contribution in [3.05, 3.63) is 97.1 Å². The van der Waals surface area contributed by atoms with Crippen LogP contribution in [0.2, 0.25) is 0 Å². The van der Waals surface area contributed by atoms with Gasteiger partial charge in [0.15, 0.2) is 0 Å². The summed E-state index contributed by atoms with van der Waals surface area (Å²) in [6.45, 7) is 0. The van der Waals surface area contributed by atoms with E-state index >= 15 is 0 Å². The minimum atomic E-state index is -2.40. The Morgan fingerprint density at radius 3 is 0.840 bits per heavy atom. The van der Waals surface area contributed by atoms with Gasteiger partial charge in [-0.1, -0.05) is 0 Å². The van der Waals surface area contributed by atoms with Crippen molar-refractivity contribution in [2.45, 2.75) is 0 Å². The molecule has 1 spiro atoms. The number of benzene rings is 4. The predicted octanol–water partition coefficient (Wildman–Crippen LogP) is 3.02. The van der Waals surface area contributed by atoms with E-state index in [1.165, 1.54) is 22.3 Å². The third kappa shape index (κ3) is 1.49. The van der Waals surface area contributed by atoms with Gasteiger partial charge in [-0.3, -0.25) is 0 Å². The fourth-order valence-electron chi connectivity index (χ4n) is 4.54. The molecule has 0 N–H and O–H groups in total. The van der Waals surface area contributed by atoms with E-state index in [0.717, 1.165) is 0 Å². The van der Waals surface area contributed by atoms with Gasteiger partial charge in [-0.2, -0.15) is 0 Å². The molecule has 4 aromatic rings. The Morgan fingerprint density at radius 2 is 0.560 bits per heavy atom. The zero-order valence-corrected chi connectivity index (χ0v) is 15.4. The summed E-state index contributed by atoms with van der Waals surface area (Å²) in [4.78, 5) is 0. The molecule has 118 valence electrons. The molecule has 4 aromatic carbocycles. The molecule has 25 heavy (non-hydrogen) atoms. The number of fused-ring (bicyclic) bond motifs is 10. The monoisotopic (exact) mass is 384 g/mol. The molecule has 0 bridgehead atoms. The zero-order valence-electron chi connectivity index (χ0n) is 13.6. The van der Waals surface area contributed by atoms with Crippen molar-refractivity contribution in [2.24, 2.45) is 0 Å². The standard InChI is InChI=1S/C24H16Se/c1-5-13-21-17(9-1)18-10-2-6-14-22(18)25(21)23-15-7-3-11-19(23)20-12-4-8-16-24(20)25/h1-16H. The summed E-state index contributed by atoms with van der Waals surface area (Å²) in [5.74, 6) is 0. The van der Waals surface area contributed by atoms with E-state index < -0.39 is 12.8 Å². The second-order valence-electron chi connectivity index (χ2n) is 6.60. The van der Waals surface area contributed by atoms with Crippen LogP contribution in [0.1, 0.15) is 0 Å². The molecular weight excluding hydrogens is 367 g/mol. The first-order valence-electron chi connectivity index (χ1n) is 8.63. The first-order chi connectivity index (χ1) is 12.4. The molecule has 2 aliphatic heterocycles. The number of rotatable bonds is 0. The molecule has 0 aliphatic carbocycles. The van der Waals surface area contributed by atoms with Gasteiger partial charge >= 0.3 is 150 Å². The van der Waals surface area contributed by atoms with Crippen molar-refractivity contribution in [1.82, 2.24) is 0 Å². The van der Waals surface area contributed by atoms with Gasteiger partial charge in [0.05, 0.1) is 0 Å². The molecule has 0 saturated heterocycles. The molecule has 0 nitrogen and oxygen atoms in total. The predicted molar refractivity (Wildman–Crippen MR) is 108 cm³/mol. The Hall–Kier alpha value is -2.60. The third-order valence-electron chi connectivity index (χ3n) is 5.45. The normalized spacial score (nSPS) is 16.0. The molecule has 2 heterocycles. The summed E-state index contributed by atoms with van der Waals surface area (Å²) in [6.07, 6.45) is 0. The topological polar surface area (TPSA) is 0 Å². The zero-order chi connectivity index (χ0) is 16.4. The Balaban J connectivity index is 1.89. The molecule has 2 aliphatic rings. The number of hydrogen-bond donors (Lipinski definition) is 0. The second-order valence-corrected chi connectivity index (χ2v) is 12.9. The van der Waals surface area contributed by atoms with Crippen LogP contribution in [-0.4, -0.2) is 12.8 Å². The van der Waals surface area contributed by atoms with Gasteiger partial charge in [0.2, 0.25) is 0 Å². The van der Waals surface area contributed by atoms with Gasteiger partial charge < -0.3 is 0 Å². The molecule has 0 atom stereocenters. The number of hydrogen-bond acceptors (Lipinski definition) is 0. The van der Waals surface area contributed by atoms with Crippen LogP contribution >= 0.6 is 0 Å². The molecule has 0 fully saturated rings. The van der Waals surface area contributed by atoms with Gasteiger partial charge in [0.25, 0.3) is 0 Å². The van der Waals surface area contributed by atoms with E-state index in [2.05, 4.69) is 97.1 Å². The van der Waals surface area contributed by atoms with Gasteiger partial charge in [-0.25, -0.2) is 0 Å². The quantitative estimate of drug-likeness (QED) is 0.354. The van der Waals surface area contributed by atoms with Crippen LogP contribution in [0.4, 0.5) is 0 Å². The molecule has 1 heteroatoms. The molecular formula is C24H16Se. The Kier molecular flexibility index (Phi) is 2.58. The average Bonchev–Trinajstić information content (AvgIpc) is 3.16. The van der Waals surface area contributed by atoms with Crippen molar-refractivity contribution >= 4 is 30.7 Å². The van der Waals surface area contributed by atoms with Gasteiger partial charge in [0.1, 0.15) is 0 Å². The fraction of sp³-hybridized carbons (Fsp3) is 0. The fourth-order valence-corrected chi connectivity index (χ4v) is 14.2. The summed E-state index contributed by atoms with van der Waals surface area (Å²) in [5.41, 5.74) is 5.74. The van der Waals surface area contributed by atoms with Crippen LogP contribution in [-0.2, 0) is 0 Å². The summed E-state index contributed by atoms with van der Waals surface area (Å²) >= 11 is -2.40. The van der Waals surface area contributed by atoms with Gasteiger partial charge in [0, 0.05) is 0 Å². The van der Waals surface area contributed by atoms with Crippen molar-refractivity contribution in [1.29, 1.82) is 0 Å². The van der Waals surface area contributed by atoms with Crippen LogP contribution in [0.15, 0.2) is 97.1 Å². The minimum absolute atomic E-state index is 1.43. The van der Waals surface area contributed by atoms with E-state index in [1.807, 2.05) is 0 Å². The van der Waals surface area contributed by atoms with Crippen LogP contribution < -0.4 is 17.8 Å². The van der Waals surface area contributed by atoms with E-state index in [4.69, 9.17) is 0 Å². The summed E-state index contributed by atoms with van der Waals surface area (Å²) in [6, 6.07) is 36.3. The molecule has 0 saturated carbocycles. The van der Waals surface area contributed by atoms with Crippen molar-refractivity contribution in [3.63, 3.8) is 0 Å². The molecule has 0 amide bonds. The Labute approximate surface area is 150 Å². The van der Waals surface area contributed by atoms with Crippen LogP contribution in [0.3, 0.4) is 0 Å². The van der Waals surface area contributed by atoms with Crippen molar-refractivity contribution in [3.8, 4) is 22.3 Å². The summed E-state index contributed by atoms with van der Waals surface area (Å²) in [7, 11) is 0. The SMILES string of the molecule is c1ccc2c(c1)-c1ccccc1[Se]21c2ccccc2-c2ccccc21. The van der Waals surface area contributed by atoms with Crippen LogP contribution in [0, 0.1) is 0 Å². The Morgan fingerprint density at radius 1 is 0.320 bits per heavy atom. The summed E-state index contributed by atoms with van der Waals surface area (Å²) in [5, 5.41) is 0. The van der Waals surface area contributed by atoms with Crippen molar-refractivity contribution in [2.75, 3.05) is 0 Å². The van der Waals surface area contributed by atoms with E-state index in [9.17, 15) is 0 Å². The second kappa shape index (κ2) is 4.73. The molecule has 0 aromatic heterocycles. The maximum atomic E-state index is 2.38. The Bertz CT molecular complexity index is 968. The maximum absolute atomic E-state index is 2.40. The third-order valence-corrected chi connectivity index (χ3v) is 14.0. The van der Waals surface area contributed by atoms with Crippen molar-refractivity contribution < 1.29 is 0 Å². The van der Waals surface area contributed by atoms with Crippen LogP contribution in [0.25, 0.3) is 22.3 Å². The molecule has 0 radical (unpaired) electrons. The van der Waals surface area contributed by atoms with E-state index in [-0.39, 0.29) is 0 Å². The first kappa shape index (κ1) is 13.7. The van der Waals surface area contributed by atoms with Crippen LogP contribution in [0.5, 0.6) is 0 Å².